The molecule has 1 aliphatic carbocycles. The average molecular weight is 269 g/mol. The number of imide groups is 1. The van der Waals surface area contributed by atoms with Gasteiger partial charge in [0.05, 0.1) is 18.4 Å². The Hall–Kier alpha value is -1.90. The molecule has 1 saturated heterocycles. The summed E-state index contributed by atoms with van der Waals surface area (Å²) in [7, 11) is 0. The van der Waals surface area contributed by atoms with Crippen LogP contribution in [0.15, 0.2) is 30.4 Å². The fourth-order valence-corrected chi connectivity index (χ4v) is 3.37. The number of allylic oxidation sites excluding steroid dienone is 2. The number of hydrogen-bond donors (Lipinski definition) is 0. The molecule has 1 aromatic rings. The Kier molecular flexibility index (Phi) is 3.20. The lowest BCUT2D eigenvalue weighted by atomic mass is 9.85. The largest absolute Gasteiger partial charge is 0.278 e. The molecule has 3 rings (SSSR count). The van der Waals surface area contributed by atoms with Crippen LogP contribution < -0.4 is 0 Å². The van der Waals surface area contributed by atoms with Crippen LogP contribution in [0.3, 0.4) is 0 Å². The van der Waals surface area contributed by atoms with Gasteiger partial charge in [0.15, 0.2) is 0 Å². The summed E-state index contributed by atoms with van der Waals surface area (Å²) in [6.07, 6.45) is 5.45. The van der Waals surface area contributed by atoms with Crippen LogP contribution in [0.25, 0.3) is 0 Å². The Morgan fingerprint density at radius 2 is 1.45 bits per heavy atom. The lowest BCUT2D eigenvalue weighted by Gasteiger charge is -2.15. The maximum absolute atomic E-state index is 12.4. The van der Waals surface area contributed by atoms with Crippen molar-refractivity contribution < 1.29 is 9.59 Å². The topological polar surface area (TPSA) is 37.4 Å². The van der Waals surface area contributed by atoms with E-state index in [-0.39, 0.29) is 23.7 Å². The molecule has 0 bridgehead atoms. The highest BCUT2D eigenvalue weighted by atomic mass is 16.2. The highest BCUT2D eigenvalue weighted by molar-refractivity contribution is 6.05. The minimum absolute atomic E-state index is 0.00325. The molecule has 1 aromatic carbocycles. The summed E-state index contributed by atoms with van der Waals surface area (Å²) >= 11 is 0. The fraction of sp³-hybridized carbons (Fsp3) is 0.412. The number of amides is 2. The normalized spacial score (nSPS) is 25.2. The molecule has 0 spiro atoms. The number of hydrogen-bond acceptors (Lipinski definition) is 2. The predicted molar refractivity (Wildman–Crippen MR) is 76.8 cm³/mol. The van der Waals surface area contributed by atoms with Crippen LogP contribution in [0.1, 0.15) is 29.5 Å². The van der Waals surface area contributed by atoms with E-state index >= 15 is 0 Å². The van der Waals surface area contributed by atoms with E-state index in [9.17, 15) is 9.59 Å². The van der Waals surface area contributed by atoms with E-state index in [4.69, 9.17) is 0 Å². The van der Waals surface area contributed by atoms with Gasteiger partial charge in [-0.3, -0.25) is 14.5 Å². The predicted octanol–water partition coefficient (Wildman–Crippen LogP) is 2.75. The van der Waals surface area contributed by atoms with E-state index in [1.165, 1.54) is 4.90 Å². The second kappa shape index (κ2) is 4.89. The van der Waals surface area contributed by atoms with Crippen molar-refractivity contribution in [2.24, 2.45) is 11.8 Å². The van der Waals surface area contributed by atoms with Gasteiger partial charge in [-0.05, 0) is 32.3 Å². The number of aryl methyl sites for hydroxylation is 2. The SMILES string of the molecule is Cc1cc(C)cc(CN2C(=O)C3CC=CCC3C2=O)c1. The molecule has 2 aliphatic rings. The van der Waals surface area contributed by atoms with Gasteiger partial charge in [-0.15, -0.1) is 0 Å². The van der Waals surface area contributed by atoms with Crippen molar-refractivity contribution >= 4 is 11.8 Å². The van der Waals surface area contributed by atoms with Gasteiger partial charge in [-0.25, -0.2) is 0 Å². The molecule has 1 heterocycles. The Labute approximate surface area is 119 Å². The summed E-state index contributed by atoms with van der Waals surface area (Å²) < 4.78 is 0. The number of benzene rings is 1. The minimum atomic E-state index is -0.126. The first-order chi connectivity index (χ1) is 9.56. The zero-order valence-corrected chi connectivity index (χ0v) is 11.9. The van der Waals surface area contributed by atoms with Crippen molar-refractivity contribution in [3.63, 3.8) is 0 Å². The zero-order valence-electron chi connectivity index (χ0n) is 11.9. The highest BCUT2D eigenvalue weighted by Gasteiger charge is 2.46. The van der Waals surface area contributed by atoms with Crippen molar-refractivity contribution in [2.75, 3.05) is 0 Å². The van der Waals surface area contributed by atoms with Gasteiger partial charge >= 0.3 is 0 Å². The van der Waals surface area contributed by atoms with Crippen molar-refractivity contribution in [1.82, 2.24) is 4.90 Å². The summed E-state index contributed by atoms with van der Waals surface area (Å²) in [4.78, 5) is 26.2. The molecule has 3 nitrogen and oxygen atoms in total. The lowest BCUT2D eigenvalue weighted by Crippen LogP contribution is -2.30. The third-order valence-corrected chi connectivity index (χ3v) is 4.22. The van der Waals surface area contributed by atoms with E-state index < -0.39 is 0 Å². The second-order valence-corrected chi connectivity index (χ2v) is 5.91. The molecule has 3 heteroatoms. The molecular formula is C17H19NO2. The highest BCUT2D eigenvalue weighted by Crippen LogP contribution is 2.35. The van der Waals surface area contributed by atoms with Crippen LogP contribution in [-0.4, -0.2) is 16.7 Å². The smallest absolute Gasteiger partial charge is 0.233 e. The molecule has 2 atom stereocenters. The third kappa shape index (κ3) is 2.17. The monoisotopic (exact) mass is 269 g/mol. The number of carbonyl (C=O) groups is 2. The van der Waals surface area contributed by atoms with Crippen LogP contribution in [0.4, 0.5) is 0 Å². The third-order valence-electron chi connectivity index (χ3n) is 4.22. The number of nitrogens with zero attached hydrogens (tertiary/aromatic N) is 1. The van der Waals surface area contributed by atoms with Gasteiger partial charge in [0.1, 0.15) is 0 Å². The van der Waals surface area contributed by atoms with Crippen molar-refractivity contribution in [2.45, 2.75) is 33.2 Å². The maximum atomic E-state index is 12.4. The van der Waals surface area contributed by atoms with Crippen molar-refractivity contribution in [3.05, 3.63) is 47.0 Å². The quantitative estimate of drug-likeness (QED) is 0.611. The summed E-state index contributed by atoms with van der Waals surface area (Å²) in [5.74, 6) is -0.246. The molecule has 20 heavy (non-hydrogen) atoms. The van der Waals surface area contributed by atoms with Crippen LogP contribution in [0.2, 0.25) is 0 Å². The van der Waals surface area contributed by atoms with Crippen LogP contribution in [-0.2, 0) is 16.1 Å². The van der Waals surface area contributed by atoms with Gasteiger partial charge < -0.3 is 0 Å². The molecule has 2 amide bonds. The first-order valence-electron chi connectivity index (χ1n) is 7.13. The molecule has 104 valence electrons. The fourth-order valence-electron chi connectivity index (χ4n) is 3.37. The van der Waals surface area contributed by atoms with Crippen molar-refractivity contribution in [1.29, 1.82) is 0 Å². The molecule has 0 radical (unpaired) electrons. The van der Waals surface area contributed by atoms with Crippen LogP contribution in [0, 0.1) is 25.7 Å². The van der Waals surface area contributed by atoms with E-state index in [2.05, 4.69) is 6.07 Å². The van der Waals surface area contributed by atoms with Gasteiger partial charge in [0.2, 0.25) is 11.8 Å². The molecule has 2 unspecified atom stereocenters. The Balaban J connectivity index is 1.84. The second-order valence-electron chi connectivity index (χ2n) is 5.91. The van der Waals surface area contributed by atoms with E-state index in [1.54, 1.807) is 0 Å². The standard InChI is InChI=1S/C17H19NO2/c1-11-7-12(2)9-13(8-11)10-18-16(19)14-5-3-4-6-15(14)17(18)20/h3-4,7-9,14-15H,5-6,10H2,1-2H3. The van der Waals surface area contributed by atoms with E-state index in [0.717, 1.165) is 16.7 Å². The van der Waals surface area contributed by atoms with Crippen LogP contribution in [0.5, 0.6) is 0 Å². The zero-order chi connectivity index (χ0) is 14.3. The Morgan fingerprint density at radius 1 is 0.950 bits per heavy atom. The summed E-state index contributed by atoms with van der Waals surface area (Å²) in [6, 6.07) is 6.20. The van der Waals surface area contributed by atoms with Gasteiger partial charge in [0, 0.05) is 0 Å². The molecule has 0 N–H and O–H groups in total. The Bertz CT molecular complexity index is 557. The van der Waals surface area contributed by atoms with E-state index in [1.807, 2.05) is 38.1 Å². The van der Waals surface area contributed by atoms with Gasteiger partial charge in [-0.1, -0.05) is 41.5 Å². The molecular weight excluding hydrogens is 250 g/mol. The molecule has 1 aliphatic heterocycles. The lowest BCUT2D eigenvalue weighted by molar-refractivity contribution is -0.140. The van der Waals surface area contributed by atoms with Gasteiger partial charge in [0.25, 0.3) is 0 Å². The van der Waals surface area contributed by atoms with Crippen molar-refractivity contribution in [3.8, 4) is 0 Å². The summed E-state index contributed by atoms with van der Waals surface area (Å²) in [5.41, 5.74) is 3.37. The number of fused-ring (bicyclic) bond motifs is 1. The molecule has 0 aromatic heterocycles. The Morgan fingerprint density at radius 3 is 1.95 bits per heavy atom. The minimum Gasteiger partial charge on any atom is -0.278 e. The number of rotatable bonds is 2. The number of likely N-dealkylation sites (tertiary alicyclic amines) is 1. The molecule has 1 fully saturated rings. The number of carbonyl (C=O) groups excluding carboxylic acids is 2. The first-order valence-corrected chi connectivity index (χ1v) is 7.13. The van der Waals surface area contributed by atoms with Crippen LogP contribution >= 0.6 is 0 Å². The van der Waals surface area contributed by atoms with Gasteiger partial charge in [-0.2, -0.15) is 0 Å². The van der Waals surface area contributed by atoms with E-state index in [0.29, 0.717) is 19.4 Å². The average Bonchev–Trinajstić information content (AvgIpc) is 2.64. The maximum Gasteiger partial charge on any atom is 0.233 e. The molecule has 0 saturated carbocycles. The summed E-state index contributed by atoms with van der Waals surface area (Å²) in [6.45, 7) is 4.48. The summed E-state index contributed by atoms with van der Waals surface area (Å²) in [5, 5.41) is 0. The first kappa shape index (κ1) is 13.1.